The molecule has 7 heteroatoms. The van der Waals surface area contributed by atoms with E-state index < -0.39 is 0 Å². The summed E-state index contributed by atoms with van der Waals surface area (Å²) in [4.78, 5) is 1.79. The third kappa shape index (κ3) is 18.3. The standard InChI is InChI=1S/C6H15NO3.C4H11NO2/c8-4-1-7(2-5-9)3-6-10;6-3-1-5-2-4-7/h8-10H,1-6H2;5-7H,1-4H2. The van der Waals surface area contributed by atoms with Crippen molar-refractivity contribution in [2.45, 2.75) is 0 Å². The van der Waals surface area contributed by atoms with Crippen molar-refractivity contribution >= 4 is 0 Å². The highest BCUT2D eigenvalue weighted by Crippen LogP contribution is 1.84. The predicted molar refractivity (Wildman–Crippen MR) is 64.7 cm³/mol. The Labute approximate surface area is 102 Å². The van der Waals surface area contributed by atoms with Crippen molar-refractivity contribution < 1.29 is 25.5 Å². The monoisotopic (exact) mass is 254 g/mol. The molecule has 0 aliphatic rings. The van der Waals surface area contributed by atoms with Gasteiger partial charge in [0.25, 0.3) is 0 Å². The minimum absolute atomic E-state index is 0.0694. The lowest BCUT2D eigenvalue weighted by Gasteiger charge is -2.17. The largest absolute Gasteiger partial charge is 0.395 e. The molecule has 0 radical (unpaired) electrons. The lowest BCUT2D eigenvalue weighted by molar-refractivity contribution is 0.136. The molecule has 7 nitrogen and oxygen atoms in total. The number of hydrogen-bond acceptors (Lipinski definition) is 7. The zero-order valence-corrected chi connectivity index (χ0v) is 10.3. The topological polar surface area (TPSA) is 116 Å². The quantitative estimate of drug-likeness (QED) is 0.228. The Morgan fingerprint density at radius 1 is 0.588 bits per heavy atom. The van der Waals surface area contributed by atoms with Gasteiger partial charge in [-0.05, 0) is 0 Å². The number of aliphatic hydroxyl groups excluding tert-OH is 5. The van der Waals surface area contributed by atoms with Gasteiger partial charge in [0.2, 0.25) is 0 Å². The molecule has 0 spiro atoms. The summed E-state index contributed by atoms with van der Waals surface area (Å²) < 4.78 is 0. The van der Waals surface area contributed by atoms with Gasteiger partial charge >= 0.3 is 0 Å². The van der Waals surface area contributed by atoms with Crippen LogP contribution in [0.1, 0.15) is 0 Å². The zero-order chi connectivity index (χ0) is 13.4. The minimum Gasteiger partial charge on any atom is -0.395 e. The Hall–Kier alpha value is -0.280. The maximum atomic E-state index is 8.48. The fraction of sp³-hybridized carbons (Fsp3) is 1.00. The second-order valence-corrected chi connectivity index (χ2v) is 3.21. The molecule has 0 saturated carbocycles. The van der Waals surface area contributed by atoms with Crippen molar-refractivity contribution in [3.05, 3.63) is 0 Å². The minimum atomic E-state index is 0.0694. The van der Waals surface area contributed by atoms with Crippen molar-refractivity contribution in [2.24, 2.45) is 0 Å². The van der Waals surface area contributed by atoms with Crippen LogP contribution in [0.3, 0.4) is 0 Å². The molecule has 0 fully saturated rings. The molecule has 0 aliphatic carbocycles. The highest BCUT2D eigenvalue weighted by atomic mass is 16.3. The smallest absolute Gasteiger partial charge is 0.0558 e. The van der Waals surface area contributed by atoms with E-state index in [0.717, 1.165) is 0 Å². The van der Waals surface area contributed by atoms with Crippen molar-refractivity contribution in [2.75, 3.05) is 65.8 Å². The van der Waals surface area contributed by atoms with E-state index in [2.05, 4.69) is 5.32 Å². The molecule has 106 valence electrons. The van der Waals surface area contributed by atoms with Gasteiger partial charge in [-0.3, -0.25) is 4.90 Å². The van der Waals surface area contributed by atoms with E-state index in [4.69, 9.17) is 25.5 Å². The first kappa shape index (κ1) is 19.1. The summed E-state index contributed by atoms with van der Waals surface area (Å²) in [5, 5.41) is 44.5. The van der Waals surface area contributed by atoms with Gasteiger partial charge in [0.15, 0.2) is 0 Å². The molecule has 0 aliphatic heterocycles. The molecule has 0 aromatic heterocycles. The highest BCUT2D eigenvalue weighted by Gasteiger charge is 2.00. The molecule has 0 amide bonds. The van der Waals surface area contributed by atoms with Gasteiger partial charge in [0.05, 0.1) is 33.0 Å². The van der Waals surface area contributed by atoms with Gasteiger partial charge < -0.3 is 30.8 Å². The first-order chi connectivity index (χ1) is 8.26. The number of rotatable bonds is 10. The number of hydrogen-bond donors (Lipinski definition) is 6. The molecule has 0 unspecified atom stereocenters. The van der Waals surface area contributed by atoms with E-state index >= 15 is 0 Å². The van der Waals surface area contributed by atoms with Crippen LogP contribution in [-0.4, -0.2) is 96.2 Å². The third-order valence-electron chi connectivity index (χ3n) is 1.83. The Morgan fingerprint density at radius 3 is 1.18 bits per heavy atom. The van der Waals surface area contributed by atoms with Crippen LogP contribution in [-0.2, 0) is 0 Å². The molecular weight excluding hydrogens is 228 g/mol. The lowest BCUT2D eigenvalue weighted by atomic mass is 10.4. The van der Waals surface area contributed by atoms with E-state index in [1.54, 1.807) is 4.90 Å². The summed E-state index contributed by atoms with van der Waals surface area (Å²) in [7, 11) is 0. The zero-order valence-electron chi connectivity index (χ0n) is 10.3. The van der Waals surface area contributed by atoms with Gasteiger partial charge in [-0.2, -0.15) is 0 Å². The molecule has 0 saturated heterocycles. The Bertz CT molecular complexity index is 111. The molecule has 17 heavy (non-hydrogen) atoms. The summed E-state index contributed by atoms with van der Waals surface area (Å²) in [5.74, 6) is 0. The number of nitrogens with one attached hydrogen (secondary N) is 1. The van der Waals surface area contributed by atoms with Crippen LogP contribution < -0.4 is 5.32 Å². The molecule has 0 atom stereocenters. The van der Waals surface area contributed by atoms with Crippen LogP contribution in [0.5, 0.6) is 0 Å². The summed E-state index contributed by atoms with van der Waals surface area (Å²) in [5.41, 5.74) is 0. The Morgan fingerprint density at radius 2 is 0.941 bits per heavy atom. The summed E-state index contributed by atoms with van der Waals surface area (Å²) in [6, 6.07) is 0. The predicted octanol–water partition coefficient (Wildman–Crippen LogP) is -3.17. The molecule has 0 heterocycles. The maximum absolute atomic E-state index is 8.48. The van der Waals surface area contributed by atoms with E-state index in [-0.39, 0.29) is 33.0 Å². The normalized spacial score (nSPS) is 10.2. The molecule has 0 bridgehead atoms. The average molecular weight is 254 g/mol. The van der Waals surface area contributed by atoms with E-state index in [0.29, 0.717) is 32.7 Å². The average Bonchev–Trinajstić information content (AvgIpc) is 2.32. The van der Waals surface area contributed by atoms with Gasteiger partial charge in [-0.25, -0.2) is 0 Å². The summed E-state index contributed by atoms with van der Waals surface area (Å²) >= 11 is 0. The fourth-order valence-corrected chi connectivity index (χ4v) is 1.04. The molecule has 0 aromatic rings. The van der Waals surface area contributed by atoms with Crippen LogP contribution >= 0.6 is 0 Å². The molecule has 0 rings (SSSR count). The van der Waals surface area contributed by atoms with Gasteiger partial charge in [-0.1, -0.05) is 0 Å². The number of nitrogens with zero attached hydrogens (tertiary/aromatic N) is 1. The van der Waals surface area contributed by atoms with Gasteiger partial charge in [0, 0.05) is 32.7 Å². The van der Waals surface area contributed by atoms with E-state index in [9.17, 15) is 0 Å². The van der Waals surface area contributed by atoms with Crippen LogP contribution in [0.15, 0.2) is 0 Å². The van der Waals surface area contributed by atoms with Crippen molar-refractivity contribution in [1.82, 2.24) is 10.2 Å². The lowest BCUT2D eigenvalue weighted by Crippen LogP contribution is -2.32. The Kier molecular flexibility index (Phi) is 20.3. The van der Waals surface area contributed by atoms with Crippen LogP contribution in [0, 0.1) is 0 Å². The SMILES string of the molecule is OCCN(CCO)CCO.OCCNCCO. The highest BCUT2D eigenvalue weighted by molar-refractivity contribution is 4.54. The number of aliphatic hydroxyl groups is 5. The second-order valence-electron chi connectivity index (χ2n) is 3.21. The van der Waals surface area contributed by atoms with Gasteiger partial charge in [0.1, 0.15) is 0 Å². The van der Waals surface area contributed by atoms with Crippen molar-refractivity contribution in [3.8, 4) is 0 Å². The Balaban J connectivity index is 0. The van der Waals surface area contributed by atoms with Crippen LogP contribution in [0.25, 0.3) is 0 Å². The summed E-state index contributed by atoms with van der Waals surface area (Å²) in [6.07, 6.45) is 0. The van der Waals surface area contributed by atoms with E-state index in [1.807, 2.05) is 0 Å². The van der Waals surface area contributed by atoms with Crippen LogP contribution in [0.4, 0.5) is 0 Å². The van der Waals surface area contributed by atoms with Crippen LogP contribution in [0.2, 0.25) is 0 Å². The van der Waals surface area contributed by atoms with Gasteiger partial charge in [-0.15, -0.1) is 0 Å². The first-order valence-electron chi connectivity index (χ1n) is 5.74. The fourth-order valence-electron chi connectivity index (χ4n) is 1.04. The molecule has 0 aromatic carbocycles. The second kappa shape index (κ2) is 18.1. The van der Waals surface area contributed by atoms with Crippen molar-refractivity contribution in [1.29, 1.82) is 0 Å². The molecular formula is C10H26N2O5. The first-order valence-corrected chi connectivity index (χ1v) is 5.74. The third-order valence-corrected chi connectivity index (χ3v) is 1.83. The van der Waals surface area contributed by atoms with E-state index in [1.165, 1.54) is 0 Å². The maximum Gasteiger partial charge on any atom is 0.0558 e. The molecule has 6 N–H and O–H groups in total. The summed E-state index contributed by atoms with van der Waals surface area (Å²) in [6.45, 7) is 3.17. The van der Waals surface area contributed by atoms with Crippen molar-refractivity contribution in [3.63, 3.8) is 0 Å².